The van der Waals surface area contributed by atoms with Gasteiger partial charge in [0.2, 0.25) is 31.3 Å². The number of nitrogens with one attached hydrogen (secondary N) is 3. The summed E-state index contributed by atoms with van der Waals surface area (Å²) < 4.78 is 20.2. The van der Waals surface area contributed by atoms with Gasteiger partial charge in [0.05, 0.1) is 6.42 Å². The molecule has 0 aliphatic heterocycles. The normalized spacial score (nSPS) is 12.5. The van der Waals surface area contributed by atoms with Crippen LogP contribution in [0.3, 0.4) is 0 Å². The van der Waals surface area contributed by atoms with Crippen LogP contribution in [0.4, 0.5) is 0 Å². The van der Waals surface area contributed by atoms with Crippen LogP contribution in [0.15, 0.2) is 15.0 Å². The largest absolute Gasteiger partial charge is 0.426 e. The van der Waals surface area contributed by atoms with Crippen molar-refractivity contribution in [1.29, 1.82) is 0 Å². The van der Waals surface area contributed by atoms with Crippen molar-refractivity contribution in [3.05, 3.63) is 0 Å². The molecule has 0 aromatic rings. The number of hydrogen-bond acceptors (Lipinski definition) is 17. The van der Waals surface area contributed by atoms with Gasteiger partial charge >= 0.3 is 23.9 Å². The third-order valence-corrected chi connectivity index (χ3v) is 7.91. The minimum atomic E-state index is -1.30. The zero-order chi connectivity index (χ0) is 44.6. The van der Waals surface area contributed by atoms with E-state index in [1.54, 1.807) is 0 Å². The van der Waals surface area contributed by atoms with Gasteiger partial charge in [-0.05, 0) is 90.9 Å². The highest BCUT2D eigenvalue weighted by Crippen LogP contribution is 2.09. The minimum absolute atomic E-state index is 0.0139. The molecule has 0 saturated carbocycles. The summed E-state index contributed by atoms with van der Waals surface area (Å²) in [5.74, 6) is -6.64. The van der Waals surface area contributed by atoms with Gasteiger partial charge in [-0.2, -0.15) is 0 Å². The number of rotatable bonds is 33. The Bertz CT molecular complexity index is 1440. The Morgan fingerprint density at radius 2 is 0.915 bits per heavy atom. The Morgan fingerprint density at radius 1 is 0.542 bits per heavy atom. The Labute approximate surface area is 342 Å². The number of carbonyl (C=O) groups excluding carboxylic acids is 8. The first-order valence-corrected chi connectivity index (χ1v) is 19.0. The summed E-state index contributed by atoms with van der Waals surface area (Å²) in [5, 5.41) is 7.34. The van der Waals surface area contributed by atoms with Gasteiger partial charge in [0.15, 0.2) is 11.9 Å². The SMILES string of the molecule is C=NC(CCCCN)C(=O)OCOC(=O)C(CCCCN)NC(=O)CCC(=O)NC(CCCN=C(N)N)C(=O)OCOC(=O)C(CCCN=C(N)N)NC(=O)CC(C)=O. The lowest BCUT2D eigenvalue weighted by Crippen LogP contribution is -2.45. The van der Waals surface area contributed by atoms with E-state index < -0.39 is 104 Å². The molecule has 3 amide bonds. The van der Waals surface area contributed by atoms with Crippen molar-refractivity contribution >= 4 is 66.0 Å². The van der Waals surface area contributed by atoms with Crippen molar-refractivity contribution in [2.24, 2.45) is 49.4 Å². The summed E-state index contributed by atoms with van der Waals surface area (Å²) in [5.41, 5.74) is 32.4. The Kier molecular flexibility index (Phi) is 28.9. The van der Waals surface area contributed by atoms with Crippen molar-refractivity contribution in [1.82, 2.24) is 16.0 Å². The van der Waals surface area contributed by atoms with E-state index in [0.717, 1.165) is 0 Å². The topological polar surface area (TPSA) is 403 Å². The molecule has 15 N–H and O–H groups in total. The molecule has 0 bridgehead atoms. The molecule has 24 nitrogen and oxygen atoms in total. The van der Waals surface area contributed by atoms with E-state index in [4.69, 9.17) is 53.3 Å². The summed E-state index contributed by atoms with van der Waals surface area (Å²) in [6.45, 7) is 3.92. The van der Waals surface area contributed by atoms with Gasteiger partial charge in [-0.25, -0.2) is 19.2 Å². The number of aliphatic imine (C=N–C) groups is 3. The third-order valence-electron chi connectivity index (χ3n) is 7.91. The molecule has 0 aliphatic carbocycles. The smallest absolute Gasteiger partial charge is 0.333 e. The molecule has 0 aromatic heterocycles. The highest BCUT2D eigenvalue weighted by atomic mass is 16.7. The summed E-state index contributed by atoms with van der Waals surface area (Å²) in [4.78, 5) is 112. The zero-order valence-corrected chi connectivity index (χ0v) is 33.7. The number of unbranched alkanes of at least 4 members (excludes halogenated alkanes) is 2. The number of guanidine groups is 2. The van der Waals surface area contributed by atoms with Crippen LogP contribution in [-0.4, -0.2) is 130 Å². The number of carbonyl (C=O) groups is 8. The molecule has 24 heteroatoms. The summed E-state index contributed by atoms with van der Waals surface area (Å²) in [6.07, 6.45) is 1.83. The maximum atomic E-state index is 13.0. The van der Waals surface area contributed by atoms with Crippen molar-refractivity contribution in [2.45, 2.75) is 115 Å². The number of nitrogens with zero attached hydrogens (tertiary/aromatic N) is 3. The molecule has 4 atom stereocenters. The number of ketones is 1. The summed E-state index contributed by atoms with van der Waals surface area (Å²) >= 11 is 0. The molecule has 334 valence electrons. The molecule has 0 radical (unpaired) electrons. The number of nitrogens with two attached hydrogens (primary N) is 6. The number of amides is 3. The second-order valence-corrected chi connectivity index (χ2v) is 13.0. The monoisotopic (exact) mass is 842 g/mol. The van der Waals surface area contributed by atoms with E-state index in [9.17, 15) is 38.4 Å². The molecule has 4 unspecified atom stereocenters. The molecule has 0 heterocycles. The van der Waals surface area contributed by atoms with Crippen LogP contribution in [-0.2, 0) is 57.3 Å². The molecule has 0 fully saturated rings. The van der Waals surface area contributed by atoms with Crippen molar-refractivity contribution in [2.75, 3.05) is 39.8 Å². The highest BCUT2D eigenvalue weighted by molar-refractivity contribution is 5.98. The van der Waals surface area contributed by atoms with E-state index in [1.807, 2.05) is 0 Å². The predicted molar refractivity (Wildman–Crippen MR) is 213 cm³/mol. The third kappa shape index (κ3) is 27.4. The minimum Gasteiger partial charge on any atom is -0.426 e. The summed E-state index contributed by atoms with van der Waals surface area (Å²) in [7, 11) is 0. The molecule has 0 saturated heterocycles. The Balaban J connectivity index is 5.42. The van der Waals surface area contributed by atoms with Crippen molar-refractivity contribution in [3.8, 4) is 0 Å². The quantitative estimate of drug-likeness (QED) is 0.00781. The fourth-order valence-corrected chi connectivity index (χ4v) is 4.93. The predicted octanol–water partition coefficient (Wildman–Crippen LogP) is -3.28. The van der Waals surface area contributed by atoms with Gasteiger partial charge in [-0.15, -0.1) is 0 Å². The number of ether oxygens (including phenoxy) is 4. The molecular formula is C35H62N12O12. The maximum Gasteiger partial charge on any atom is 0.333 e. The molecule has 0 rings (SSSR count). The van der Waals surface area contributed by atoms with E-state index >= 15 is 0 Å². The first-order valence-electron chi connectivity index (χ1n) is 19.0. The van der Waals surface area contributed by atoms with E-state index in [2.05, 4.69) is 37.6 Å². The molecule has 0 aromatic carbocycles. The van der Waals surface area contributed by atoms with Crippen LogP contribution in [0.5, 0.6) is 0 Å². The zero-order valence-electron chi connectivity index (χ0n) is 33.7. The van der Waals surface area contributed by atoms with Crippen LogP contribution in [0.2, 0.25) is 0 Å². The molecule has 59 heavy (non-hydrogen) atoms. The van der Waals surface area contributed by atoms with Gasteiger partial charge in [-0.3, -0.25) is 34.2 Å². The van der Waals surface area contributed by atoms with Crippen LogP contribution >= 0.6 is 0 Å². The number of hydrogen-bond donors (Lipinski definition) is 9. The van der Waals surface area contributed by atoms with Gasteiger partial charge < -0.3 is 69.3 Å². The Hall–Kier alpha value is -5.91. The highest BCUT2D eigenvalue weighted by Gasteiger charge is 2.27. The number of Topliss-reactive ketones (excluding diaryl/α,β-unsaturated/α-hetero) is 1. The van der Waals surface area contributed by atoms with Crippen molar-refractivity contribution < 1.29 is 57.3 Å². The van der Waals surface area contributed by atoms with E-state index in [1.165, 1.54) is 6.92 Å². The fourth-order valence-electron chi connectivity index (χ4n) is 4.93. The number of esters is 4. The maximum absolute atomic E-state index is 13.0. The van der Waals surface area contributed by atoms with Crippen LogP contribution in [0.25, 0.3) is 0 Å². The Morgan fingerprint density at radius 3 is 1.29 bits per heavy atom. The fraction of sp³-hybridized carbons (Fsp3) is 0.686. The first-order chi connectivity index (χ1) is 28.0. The summed E-state index contributed by atoms with van der Waals surface area (Å²) in [6, 6.07) is -4.56. The van der Waals surface area contributed by atoms with E-state index in [0.29, 0.717) is 45.2 Å². The van der Waals surface area contributed by atoms with Crippen LogP contribution in [0, 0.1) is 0 Å². The lowest BCUT2D eigenvalue weighted by molar-refractivity contribution is -0.172. The van der Waals surface area contributed by atoms with Crippen LogP contribution < -0.4 is 50.4 Å². The van der Waals surface area contributed by atoms with Gasteiger partial charge in [0.25, 0.3) is 0 Å². The van der Waals surface area contributed by atoms with Crippen molar-refractivity contribution in [3.63, 3.8) is 0 Å². The van der Waals surface area contributed by atoms with Gasteiger partial charge in [-0.1, -0.05) is 0 Å². The molecule has 0 spiro atoms. The van der Waals surface area contributed by atoms with E-state index in [-0.39, 0.29) is 57.1 Å². The lowest BCUT2D eigenvalue weighted by Gasteiger charge is -2.20. The average Bonchev–Trinajstić information content (AvgIpc) is 3.16. The standard InChI is InChI=1S/C35H62N12O12/c1-22(48)19-29(51)47-26(12-8-18-44-35(40)41)33(55)59-21-58-32(54)25(11-7-17-43-34(38)39)46-28(50)14-13-27(49)45-24(10-4-6-16-37)31(53)57-20-56-30(52)23(42-2)9-3-5-15-36/h23-26H,2-21,36-37H2,1H3,(H,45,49)(H,46,50)(H,47,51)(H4,38,39,43)(H4,40,41,44). The van der Waals surface area contributed by atoms with Crippen LogP contribution in [0.1, 0.15) is 90.4 Å². The van der Waals surface area contributed by atoms with Gasteiger partial charge in [0.1, 0.15) is 30.0 Å². The van der Waals surface area contributed by atoms with Gasteiger partial charge in [0, 0.05) is 25.9 Å². The molecule has 0 aliphatic rings. The lowest BCUT2D eigenvalue weighted by atomic mass is 10.1. The second-order valence-electron chi connectivity index (χ2n) is 13.0. The average molecular weight is 843 g/mol. The second kappa shape index (κ2) is 32.1. The first kappa shape index (κ1) is 53.1. The molecular weight excluding hydrogens is 780 g/mol.